The van der Waals surface area contributed by atoms with Crippen molar-refractivity contribution in [2.24, 2.45) is 0 Å². The lowest BCUT2D eigenvalue weighted by Gasteiger charge is -2.00. The molecule has 1 fully saturated rings. The molecule has 0 aromatic carbocycles. The number of hydrogen-bond donors (Lipinski definition) is 0. The predicted octanol–water partition coefficient (Wildman–Crippen LogP) is 1.98. The van der Waals surface area contributed by atoms with E-state index in [1.54, 1.807) is 12.4 Å². The van der Waals surface area contributed by atoms with Crippen LogP contribution in [0.4, 0.5) is 0 Å². The van der Waals surface area contributed by atoms with Crippen LogP contribution in [0, 0.1) is 0 Å². The second-order valence-electron chi connectivity index (χ2n) is 3.69. The van der Waals surface area contributed by atoms with Gasteiger partial charge in [-0.25, -0.2) is 0 Å². The lowest BCUT2D eigenvalue weighted by atomic mass is 10.2. The topological polar surface area (TPSA) is 61.0 Å². The van der Waals surface area contributed by atoms with Crippen molar-refractivity contribution in [2.45, 2.75) is 18.9 Å². The summed E-state index contributed by atoms with van der Waals surface area (Å²) < 4.78 is 10.7. The highest BCUT2D eigenvalue weighted by Crippen LogP contribution is 2.28. The van der Waals surface area contributed by atoms with Crippen LogP contribution >= 0.6 is 0 Å². The third-order valence-electron chi connectivity index (χ3n) is 2.59. The first-order valence-corrected chi connectivity index (χ1v) is 5.29. The molecule has 5 heteroatoms. The molecule has 1 aliphatic rings. The Kier molecular flexibility index (Phi) is 2.38. The van der Waals surface area contributed by atoms with Crippen LogP contribution < -0.4 is 0 Å². The molecule has 0 amide bonds. The molecule has 2 aromatic heterocycles. The minimum absolute atomic E-state index is 0.0249. The minimum Gasteiger partial charge on any atom is -0.368 e. The van der Waals surface area contributed by atoms with Gasteiger partial charge in [0.25, 0.3) is 5.89 Å². The lowest BCUT2D eigenvalue weighted by Crippen LogP contribution is -1.95. The zero-order valence-electron chi connectivity index (χ0n) is 8.67. The third-order valence-corrected chi connectivity index (χ3v) is 2.59. The average Bonchev–Trinajstić information content (AvgIpc) is 3.01. The summed E-state index contributed by atoms with van der Waals surface area (Å²) in [5.41, 5.74) is 0.906. The number of ether oxygens (including phenoxy) is 1. The minimum atomic E-state index is -0.0249. The molecule has 0 radical (unpaired) electrons. The van der Waals surface area contributed by atoms with Crippen LogP contribution in [0.3, 0.4) is 0 Å². The van der Waals surface area contributed by atoms with Gasteiger partial charge < -0.3 is 9.26 Å². The van der Waals surface area contributed by atoms with E-state index in [4.69, 9.17) is 9.26 Å². The van der Waals surface area contributed by atoms with Crippen molar-refractivity contribution in [3.8, 4) is 11.4 Å². The Balaban J connectivity index is 1.87. The highest BCUT2D eigenvalue weighted by molar-refractivity contribution is 5.52. The molecule has 1 aliphatic heterocycles. The molecule has 3 rings (SSSR count). The van der Waals surface area contributed by atoms with Crippen molar-refractivity contribution in [1.82, 2.24) is 15.1 Å². The quantitative estimate of drug-likeness (QED) is 0.769. The fraction of sp³-hybridized carbons (Fsp3) is 0.364. The number of rotatable bonds is 2. The summed E-state index contributed by atoms with van der Waals surface area (Å²) in [6, 6.07) is 3.70. The molecule has 2 aromatic rings. The highest BCUT2D eigenvalue weighted by atomic mass is 16.5. The first-order chi connectivity index (χ1) is 7.93. The maximum Gasteiger partial charge on any atom is 0.256 e. The Morgan fingerprint density at radius 1 is 1.25 bits per heavy atom. The lowest BCUT2D eigenvalue weighted by molar-refractivity contribution is 0.0835. The van der Waals surface area contributed by atoms with Gasteiger partial charge in [-0.05, 0) is 25.0 Å². The van der Waals surface area contributed by atoms with Gasteiger partial charge in [-0.2, -0.15) is 4.98 Å². The summed E-state index contributed by atoms with van der Waals surface area (Å²) in [6.45, 7) is 0.775. The monoisotopic (exact) mass is 217 g/mol. The van der Waals surface area contributed by atoms with Crippen LogP contribution in [0.15, 0.2) is 29.0 Å². The van der Waals surface area contributed by atoms with Crippen molar-refractivity contribution >= 4 is 0 Å². The van der Waals surface area contributed by atoms with Gasteiger partial charge in [0, 0.05) is 24.6 Å². The van der Waals surface area contributed by atoms with Crippen molar-refractivity contribution in [3.05, 3.63) is 30.4 Å². The first-order valence-electron chi connectivity index (χ1n) is 5.29. The Labute approximate surface area is 92.5 Å². The van der Waals surface area contributed by atoms with E-state index in [0.717, 1.165) is 25.0 Å². The van der Waals surface area contributed by atoms with Crippen LogP contribution in [0.25, 0.3) is 11.4 Å². The highest BCUT2D eigenvalue weighted by Gasteiger charge is 2.23. The SMILES string of the molecule is c1cc(-c2noc(C3CCCO3)n2)ccn1. The van der Waals surface area contributed by atoms with Crippen LogP contribution in [0.2, 0.25) is 0 Å². The molecule has 0 saturated carbocycles. The van der Waals surface area contributed by atoms with E-state index in [9.17, 15) is 0 Å². The number of aromatic nitrogens is 3. The predicted molar refractivity (Wildman–Crippen MR) is 55.5 cm³/mol. The molecule has 0 aliphatic carbocycles. The second-order valence-corrected chi connectivity index (χ2v) is 3.69. The second kappa shape index (κ2) is 4.02. The van der Waals surface area contributed by atoms with Crippen molar-refractivity contribution in [3.63, 3.8) is 0 Å². The van der Waals surface area contributed by atoms with E-state index in [2.05, 4.69) is 15.1 Å². The number of hydrogen-bond acceptors (Lipinski definition) is 5. The molecule has 1 atom stereocenters. The van der Waals surface area contributed by atoms with E-state index in [1.165, 1.54) is 0 Å². The molecule has 0 N–H and O–H groups in total. The summed E-state index contributed by atoms with van der Waals surface area (Å²) >= 11 is 0. The van der Waals surface area contributed by atoms with Crippen LogP contribution in [-0.4, -0.2) is 21.7 Å². The largest absolute Gasteiger partial charge is 0.368 e. The van der Waals surface area contributed by atoms with Crippen LogP contribution in [-0.2, 0) is 4.74 Å². The maximum absolute atomic E-state index is 5.48. The smallest absolute Gasteiger partial charge is 0.256 e. The zero-order chi connectivity index (χ0) is 10.8. The van der Waals surface area contributed by atoms with Gasteiger partial charge in [-0.1, -0.05) is 5.16 Å². The number of pyridine rings is 1. The molecule has 0 spiro atoms. The van der Waals surface area contributed by atoms with E-state index in [1.807, 2.05) is 12.1 Å². The molecular weight excluding hydrogens is 206 g/mol. The fourth-order valence-corrected chi connectivity index (χ4v) is 1.76. The van der Waals surface area contributed by atoms with E-state index < -0.39 is 0 Å². The molecule has 16 heavy (non-hydrogen) atoms. The van der Waals surface area contributed by atoms with Gasteiger partial charge in [0.15, 0.2) is 0 Å². The average molecular weight is 217 g/mol. The fourth-order valence-electron chi connectivity index (χ4n) is 1.76. The molecular formula is C11H11N3O2. The molecule has 1 saturated heterocycles. The van der Waals surface area contributed by atoms with Crippen LogP contribution in [0.5, 0.6) is 0 Å². The van der Waals surface area contributed by atoms with Crippen molar-refractivity contribution in [2.75, 3.05) is 6.61 Å². The van der Waals surface area contributed by atoms with Gasteiger partial charge in [-0.15, -0.1) is 0 Å². The zero-order valence-corrected chi connectivity index (χ0v) is 8.67. The summed E-state index contributed by atoms with van der Waals surface area (Å²) in [5.74, 6) is 1.16. The van der Waals surface area contributed by atoms with Gasteiger partial charge in [0.2, 0.25) is 5.82 Å². The summed E-state index contributed by atoms with van der Waals surface area (Å²) in [5, 5.41) is 3.94. The van der Waals surface area contributed by atoms with Gasteiger partial charge in [0.1, 0.15) is 6.10 Å². The third kappa shape index (κ3) is 1.69. The van der Waals surface area contributed by atoms with Gasteiger partial charge in [-0.3, -0.25) is 4.98 Å². The Bertz CT molecular complexity index is 463. The molecule has 1 unspecified atom stereocenters. The van der Waals surface area contributed by atoms with E-state index in [0.29, 0.717) is 11.7 Å². The van der Waals surface area contributed by atoms with E-state index in [-0.39, 0.29) is 6.10 Å². The van der Waals surface area contributed by atoms with Gasteiger partial charge in [0.05, 0.1) is 0 Å². The number of nitrogens with zero attached hydrogens (tertiary/aromatic N) is 3. The summed E-state index contributed by atoms with van der Waals surface area (Å²) in [4.78, 5) is 8.28. The molecule has 5 nitrogen and oxygen atoms in total. The Morgan fingerprint density at radius 3 is 2.88 bits per heavy atom. The standard InChI is InChI=1S/C11H11N3O2/c1-2-9(15-7-1)11-13-10(14-16-11)8-3-5-12-6-4-8/h3-6,9H,1-2,7H2. The molecule has 0 bridgehead atoms. The van der Waals surface area contributed by atoms with Crippen molar-refractivity contribution < 1.29 is 9.26 Å². The Morgan fingerprint density at radius 2 is 2.12 bits per heavy atom. The summed E-state index contributed by atoms with van der Waals surface area (Å²) in [7, 11) is 0. The molecule has 3 heterocycles. The maximum atomic E-state index is 5.48. The van der Waals surface area contributed by atoms with Crippen LogP contribution in [0.1, 0.15) is 24.8 Å². The van der Waals surface area contributed by atoms with Gasteiger partial charge >= 0.3 is 0 Å². The first kappa shape index (κ1) is 9.47. The van der Waals surface area contributed by atoms with Crippen molar-refractivity contribution in [1.29, 1.82) is 0 Å². The Hall–Kier alpha value is -1.75. The summed E-state index contributed by atoms with van der Waals surface area (Å²) in [6.07, 6.45) is 5.40. The normalized spacial score (nSPS) is 20.1. The van der Waals surface area contributed by atoms with E-state index >= 15 is 0 Å². The molecule has 82 valence electrons.